The summed E-state index contributed by atoms with van der Waals surface area (Å²) in [5, 5.41) is 0. The highest BCUT2D eigenvalue weighted by Crippen LogP contribution is 2.61. The third-order valence-corrected chi connectivity index (χ3v) is 6.90. The van der Waals surface area contributed by atoms with Crippen molar-refractivity contribution < 1.29 is 4.79 Å². The van der Waals surface area contributed by atoms with Crippen LogP contribution >= 0.6 is 0 Å². The van der Waals surface area contributed by atoms with Crippen LogP contribution in [0.25, 0.3) is 0 Å². The largest absolute Gasteiger partial charge is 0.303 e. The second-order valence-electron chi connectivity index (χ2n) is 8.44. The molecule has 116 valence electrons. The zero-order chi connectivity index (χ0) is 15.3. The van der Waals surface area contributed by atoms with Crippen LogP contribution in [0.2, 0.25) is 0 Å². The van der Waals surface area contributed by atoms with Crippen molar-refractivity contribution >= 4 is 6.29 Å². The molecule has 0 aromatic carbocycles. The van der Waals surface area contributed by atoms with E-state index in [2.05, 4.69) is 39.8 Å². The van der Waals surface area contributed by atoms with E-state index < -0.39 is 0 Å². The molecular weight excluding hydrogens is 256 g/mol. The maximum Gasteiger partial charge on any atom is 0.126 e. The molecule has 0 amide bonds. The van der Waals surface area contributed by atoms with Crippen molar-refractivity contribution in [3.63, 3.8) is 0 Å². The predicted molar refractivity (Wildman–Crippen MR) is 88.0 cm³/mol. The second kappa shape index (κ2) is 5.11. The lowest BCUT2D eigenvalue weighted by Crippen LogP contribution is -2.50. The molecule has 1 nitrogen and oxygen atoms in total. The molecule has 1 saturated carbocycles. The van der Waals surface area contributed by atoms with E-state index in [0.29, 0.717) is 23.2 Å². The van der Waals surface area contributed by atoms with Gasteiger partial charge in [-0.25, -0.2) is 0 Å². The number of hydrogen-bond donors (Lipinski definition) is 0. The van der Waals surface area contributed by atoms with Crippen molar-refractivity contribution in [1.82, 2.24) is 0 Å². The number of aldehydes is 1. The van der Waals surface area contributed by atoms with Gasteiger partial charge < -0.3 is 4.79 Å². The molecule has 3 aliphatic carbocycles. The van der Waals surface area contributed by atoms with E-state index in [-0.39, 0.29) is 5.41 Å². The van der Waals surface area contributed by atoms with Gasteiger partial charge in [-0.3, -0.25) is 0 Å². The van der Waals surface area contributed by atoms with Crippen LogP contribution in [0.15, 0.2) is 23.3 Å². The summed E-state index contributed by atoms with van der Waals surface area (Å²) in [5.41, 5.74) is 3.43. The minimum absolute atomic E-state index is 0.100. The van der Waals surface area contributed by atoms with Gasteiger partial charge in [0, 0.05) is 5.41 Å². The van der Waals surface area contributed by atoms with Gasteiger partial charge in [-0.15, -0.1) is 0 Å². The molecule has 3 aliphatic rings. The molecule has 0 unspecified atom stereocenters. The predicted octanol–water partition coefficient (Wildman–Crippen LogP) is 5.32. The summed E-state index contributed by atoms with van der Waals surface area (Å²) >= 11 is 0. The fourth-order valence-electron chi connectivity index (χ4n) is 5.53. The van der Waals surface area contributed by atoms with Gasteiger partial charge in [-0.05, 0) is 60.8 Å². The Kier molecular flexibility index (Phi) is 3.66. The Morgan fingerprint density at radius 1 is 1.29 bits per heavy atom. The minimum Gasteiger partial charge on any atom is -0.303 e. The van der Waals surface area contributed by atoms with E-state index in [1.54, 1.807) is 11.1 Å². The van der Waals surface area contributed by atoms with Crippen LogP contribution in [0.1, 0.15) is 66.2 Å². The Labute approximate surface area is 129 Å². The molecule has 0 spiro atoms. The van der Waals surface area contributed by atoms with Crippen LogP contribution in [0.4, 0.5) is 0 Å². The van der Waals surface area contributed by atoms with E-state index in [1.165, 1.54) is 32.0 Å². The highest BCUT2D eigenvalue weighted by atomic mass is 16.1. The van der Waals surface area contributed by atoms with E-state index >= 15 is 0 Å². The topological polar surface area (TPSA) is 17.1 Å². The van der Waals surface area contributed by atoms with Gasteiger partial charge >= 0.3 is 0 Å². The minimum atomic E-state index is -0.100. The third kappa shape index (κ3) is 2.24. The molecule has 0 N–H and O–H groups in total. The van der Waals surface area contributed by atoms with Gasteiger partial charge in [-0.2, -0.15) is 0 Å². The average molecular weight is 286 g/mol. The number of carbonyl (C=O) groups excluding carboxylic acids is 1. The van der Waals surface area contributed by atoms with Gasteiger partial charge in [0.05, 0.1) is 0 Å². The summed E-state index contributed by atoms with van der Waals surface area (Å²) in [6.07, 6.45) is 13.5. The van der Waals surface area contributed by atoms with Crippen molar-refractivity contribution in [2.75, 3.05) is 0 Å². The number of allylic oxidation sites excluding steroid dienone is 4. The first-order valence-electron chi connectivity index (χ1n) is 8.77. The molecule has 0 bridgehead atoms. The van der Waals surface area contributed by atoms with Gasteiger partial charge in [0.1, 0.15) is 6.29 Å². The van der Waals surface area contributed by atoms with Crippen LogP contribution in [-0.2, 0) is 4.79 Å². The Balaban J connectivity index is 1.99. The lowest BCUT2D eigenvalue weighted by Gasteiger charge is -2.57. The van der Waals surface area contributed by atoms with Crippen molar-refractivity contribution in [3.8, 4) is 0 Å². The average Bonchev–Trinajstić information content (AvgIpc) is 2.46. The van der Waals surface area contributed by atoms with E-state index in [9.17, 15) is 4.79 Å². The number of fused-ring (bicyclic) bond motifs is 3. The Morgan fingerprint density at radius 2 is 2.05 bits per heavy atom. The Morgan fingerprint density at radius 3 is 2.71 bits per heavy atom. The fraction of sp³-hybridized carbons (Fsp3) is 0.750. The summed E-state index contributed by atoms with van der Waals surface area (Å²) in [5.74, 6) is 1.89. The summed E-state index contributed by atoms with van der Waals surface area (Å²) in [6.45, 7) is 9.30. The van der Waals surface area contributed by atoms with E-state index in [1.807, 2.05) is 0 Å². The smallest absolute Gasteiger partial charge is 0.126 e. The van der Waals surface area contributed by atoms with Crippen LogP contribution in [-0.4, -0.2) is 6.29 Å². The van der Waals surface area contributed by atoms with Crippen molar-refractivity contribution in [2.45, 2.75) is 66.2 Å². The molecule has 0 aliphatic heterocycles. The first kappa shape index (κ1) is 15.1. The molecule has 0 aromatic rings. The zero-order valence-electron chi connectivity index (χ0n) is 14.1. The van der Waals surface area contributed by atoms with E-state index in [0.717, 1.165) is 12.8 Å². The maximum absolute atomic E-state index is 11.7. The number of hydrogen-bond acceptors (Lipinski definition) is 1. The van der Waals surface area contributed by atoms with Gasteiger partial charge in [0.25, 0.3) is 0 Å². The van der Waals surface area contributed by atoms with Crippen LogP contribution in [0, 0.1) is 28.6 Å². The highest BCUT2D eigenvalue weighted by molar-refractivity contribution is 5.60. The third-order valence-electron chi connectivity index (χ3n) is 6.90. The second-order valence-corrected chi connectivity index (χ2v) is 8.44. The van der Waals surface area contributed by atoms with Crippen molar-refractivity contribution in [1.29, 1.82) is 0 Å². The Hall–Kier alpha value is -0.850. The fourth-order valence-corrected chi connectivity index (χ4v) is 5.53. The van der Waals surface area contributed by atoms with Crippen molar-refractivity contribution in [3.05, 3.63) is 23.3 Å². The summed E-state index contributed by atoms with van der Waals surface area (Å²) < 4.78 is 0. The lowest BCUT2D eigenvalue weighted by atomic mass is 9.47. The quantitative estimate of drug-likeness (QED) is 0.628. The van der Waals surface area contributed by atoms with Gasteiger partial charge in [0.15, 0.2) is 0 Å². The SMILES string of the molecule is CC(C)C1=CC2=CC[C@@H]3[C@](C)(CCC[C@]3(C)C=O)[C@H]2CC1. The standard InChI is InChI=1S/C20H30O/c1-14(2)15-6-8-17-16(12-15)7-9-18-19(3,13-21)10-5-11-20(17,18)4/h7,12-14,17-18H,5-6,8-11H2,1-4H3/t17-,18-,19+,20+/m0/s1. The van der Waals surface area contributed by atoms with Crippen molar-refractivity contribution in [2.24, 2.45) is 28.6 Å². The first-order chi connectivity index (χ1) is 9.90. The maximum atomic E-state index is 11.7. The molecular formula is C20H30O. The zero-order valence-corrected chi connectivity index (χ0v) is 14.1. The molecule has 0 heterocycles. The molecule has 1 heteroatoms. The molecule has 4 atom stereocenters. The molecule has 0 saturated heterocycles. The number of carbonyl (C=O) groups is 1. The highest BCUT2D eigenvalue weighted by Gasteiger charge is 2.54. The van der Waals surface area contributed by atoms with Crippen LogP contribution < -0.4 is 0 Å². The lowest BCUT2D eigenvalue weighted by molar-refractivity contribution is -0.128. The molecule has 1 fully saturated rings. The Bertz CT molecular complexity index is 498. The van der Waals surface area contributed by atoms with Gasteiger partial charge in [0.2, 0.25) is 0 Å². The van der Waals surface area contributed by atoms with Crippen LogP contribution in [0.3, 0.4) is 0 Å². The number of rotatable bonds is 2. The summed E-state index contributed by atoms with van der Waals surface area (Å²) in [7, 11) is 0. The van der Waals surface area contributed by atoms with Crippen LogP contribution in [0.5, 0.6) is 0 Å². The molecule has 21 heavy (non-hydrogen) atoms. The molecule has 0 radical (unpaired) electrons. The normalized spacial score (nSPS) is 42.7. The summed E-state index contributed by atoms with van der Waals surface area (Å²) in [6, 6.07) is 0. The first-order valence-corrected chi connectivity index (χ1v) is 8.77. The summed E-state index contributed by atoms with van der Waals surface area (Å²) in [4.78, 5) is 11.7. The monoisotopic (exact) mass is 286 g/mol. The molecule has 3 rings (SSSR count). The van der Waals surface area contributed by atoms with E-state index in [4.69, 9.17) is 0 Å². The van der Waals surface area contributed by atoms with Gasteiger partial charge in [-0.1, -0.05) is 51.8 Å². The molecule has 0 aromatic heterocycles.